The number of ether oxygens (including phenoxy) is 1. The highest BCUT2D eigenvalue weighted by atomic mass is 16.5. The fourth-order valence-electron chi connectivity index (χ4n) is 5.05. The van der Waals surface area contributed by atoms with Gasteiger partial charge in [-0.05, 0) is 86.1 Å². The molecule has 2 aliphatic rings. The van der Waals surface area contributed by atoms with E-state index in [-0.39, 0.29) is 11.0 Å². The molecular weight excluding hydrogens is 316 g/mol. The Morgan fingerprint density at radius 3 is 2.27 bits per heavy atom. The van der Waals surface area contributed by atoms with E-state index in [0.717, 1.165) is 25.0 Å². The van der Waals surface area contributed by atoms with E-state index in [9.17, 15) is 0 Å². The summed E-state index contributed by atoms with van der Waals surface area (Å²) in [6.07, 6.45) is 5.81. The average molecular weight is 353 g/mol. The molecule has 1 aromatic carbocycles. The molecule has 0 spiro atoms. The van der Waals surface area contributed by atoms with E-state index < -0.39 is 0 Å². The number of rotatable bonds is 2. The van der Waals surface area contributed by atoms with Crippen molar-refractivity contribution in [2.45, 2.75) is 92.6 Å². The first kappa shape index (κ1) is 19.3. The van der Waals surface area contributed by atoms with Gasteiger partial charge in [0.1, 0.15) is 11.4 Å². The quantitative estimate of drug-likeness (QED) is 0.539. The third kappa shape index (κ3) is 3.50. The number of hydrogen-bond acceptors (Lipinski definition) is 1. The van der Waals surface area contributed by atoms with Crippen LogP contribution >= 0.6 is 0 Å². The highest BCUT2D eigenvalue weighted by Gasteiger charge is 2.37. The number of allylic oxidation sites excluding steroid dienone is 3. The van der Waals surface area contributed by atoms with Crippen molar-refractivity contribution < 1.29 is 4.74 Å². The van der Waals surface area contributed by atoms with Crippen molar-refractivity contribution in [3.63, 3.8) is 0 Å². The van der Waals surface area contributed by atoms with Gasteiger partial charge < -0.3 is 4.74 Å². The van der Waals surface area contributed by atoms with Gasteiger partial charge in [0.2, 0.25) is 0 Å². The maximum Gasteiger partial charge on any atom is 0.129 e. The molecular formula is C25H36O. The zero-order valence-corrected chi connectivity index (χ0v) is 18.3. The second kappa shape index (κ2) is 6.01. The molecule has 0 amide bonds. The van der Waals surface area contributed by atoms with Crippen LogP contribution in [-0.2, 0) is 5.41 Å². The monoisotopic (exact) mass is 352 g/mol. The molecule has 0 bridgehead atoms. The van der Waals surface area contributed by atoms with Crippen molar-refractivity contribution in [1.29, 1.82) is 0 Å². The van der Waals surface area contributed by atoms with Gasteiger partial charge in [0.05, 0.1) is 0 Å². The zero-order chi connectivity index (χ0) is 19.5. The Hall–Kier alpha value is -1.50. The van der Waals surface area contributed by atoms with Gasteiger partial charge >= 0.3 is 0 Å². The Kier molecular flexibility index (Phi) is 4.45. The van der Waals surface area contributed by atoms with Gasteiger partial charge in [-0.15, -0.1) is 0 Å². The Bertz CT molecular complexity index is 794. The second-order valence-electron chi connectivity index (χ2n) is 10.8. The van der Waals surface area contributed by atoms with Crippen molar-refractivity contribution in [1.82, 2.24) is 0 Å². The van der Waals surface area contributed by atoms with E-state index in [0.29, 0.717) is 5.41 Å². The van der Waals surface area contributed by atoms with E-state index in [1.165, 1.54) is 33.4 Å². The summed E-state index contributed by atoms with van der Waals surface area (Å²) in [5.41, 5.74) is 8.59. The van der Waals surface area contributed by atoms with Gasteiger partial charge in [0.15, 0.2) is 0 Å². The van der Waals surface area contributed by atoms with E-state index >= 15 is 0 Å². The Balaban J connectivity index is 2.15. The highest BCUT2D eigenvalue weighted by Crippen LogP contribution is 2.49. The number of benzene rings is 1. The van der Waals surface area contributed by atoms with Gasteiger partial charge in [-0.3, -0.25) is 0 Å². The number of aryl methyl sites for hydroxylation is 1. The normalized spacial score (nSPS) is 19.5. The molecule has 0 fully saturated rings. The molecule has 26 heavy (non-hydrogen) atoms. The van der Waals surface area contributed by atoms with Crippen LogP contribution in [0.3, 0.4) is 0 Å². The minimum atomic E-state index is -0.223. The lowest BCUT2D eigenvalue weighted by Crippen LogP contribution is -2.36. The van der Waals surface area contributed by atoms with Crippen LogP contribution in [0.1, 0.15) is 91.3 Å². The maximum atomic E-state index is 6.58. The van der Waals surface area contributed by atoms with Crippen LogP contribution in [0.25, 0.3) is 5.57 Å². The van der Waals surface area contributed by atoms with Crippen LogP contribution in [0, 0.1) is 12.3 Å². The molecule has 0 radical (unpaired) electrons. The summed E-state index contributed by atoms with van der Waals surface area (Å²) in [5.74, 6) is 1.07. The van der Waals surface area contributed by atoms with E-state index in [1.54, 1.807) is 0 Å². The van der Waals surface area contributed by atoms with Gasteiger partial charge in [-0.25, -0.2) is 0 Å². The Morgan fingerprint density at radius 1 is 1.00 bits per heavy atom. The molecule has 1 aliphatic heterocycles. The lowest BCUT2D eigenvalue weighted by molar-refractivity contribution is 0.139. The minimum Gasteiger partial charge on any atom is -0.483 e. The number of fused-ring (bicyclic) bond motifs is 2. The molecule has 0 atom stereocenters. The molecule has 0 unspecified atom stereocenters. The van der Waals surface area contributed by atoms with Gasteiger partial charge in [0.25, 0.3) is 0 Å². The van der Waals surface area contributed by atoms with Crippen LogP contribution in [0.4, 0.5) is 0 Å². The average Bonchev–Trinajstić information content (AvgIpc) is 2.42. The maximum absolute atomic E-state index is 6.58. The SMILES string of the molecule is CC1=CC2=C(CC1)C(C)(C)Oc1cc(C(C)(C)CC(C)(C)C)cc(C)c12. The molecule has 1 aromatic rings. The topological polar surface area (TPSA) is 9.23 Å². The van der Waals surface area contributed by atoms with E-state index in [4.69, 9.17) is 4.74 Å². The summed E-state index contributed by atoms with van der Waals surface area (Å²) in [6.45, 7) is 20.7. The third-order valence-corrected chi connectivity index (χ3v) is 5.90. The summed E-state index contributed by atoms with van der Waals surface area (Å²) in [5, 5.41) is 0. The van der Waals surface area contributed by atoms with Crippen molar-refractivity contribution in [2.24, 2.45) is 5.41 Å². The smallest absolute Gasteiger partial charge is 0.129 e. The van der Waals surface area contributed by atoms with Gasteiger partial charge in [0, 0.05) is 5.56 Å². The molecule has 0 aromatic heterocycles. The standard InChI is InChI=1S/C25H36O/c1-16-10-11-20-19(12-16)22-17(2)13-18(14-21(22)26-25(20,8)9)24(6,7)15-23(3,4)5/h12-14H,10-11,15H2,1-9H3. The first-order valence-corrected chi connectivity index (χ1v) is 10.1. The lowest BCUT2D eigenvalue weighted by atomic mass is 9.71. The fraction of sp³-hybridized carbons (Fsp3) is 0.600. The molecule has 1 aliphatic carbocycles. The van der Waals surface area contributed by atoms with Crippen LogP contribution < -0.4 is 4.74 Å². The lowest BCUT2D eigenvalue weighted by Gasteiger charge is -2.40. The second-order valence-corrected chi connectivity index (χ2v) is 10.8. The molecule has 0 saturated heterocycles. The first-order chi connectivity index (χ1) is 11.8. The van der Waals surface area contributed by atoms with Crippen molar-refractivity contribution in [3.05, 3.63) is 46.0 Å². The summed E-state index contributed by atoms with van der Waals surface area (Å²) >= 11 is 0. The third-order valence-electron chi connectivity index (χ3n) is 5.90. The minimum absolute atomic E-state index is 0.124. The summed E-state index contributed by atoms with van der Waals surface area (Å²) in [4.78, 5) is 0. The molecule has 0 N–H and O–H groups in total. The van der Waals surface area contributed by atoms with Crippen molar-refractivity contribution in [3.8, 4) is 5.75 Å². The molecule has 0 saturated carbocycles. The summed E-state index contributed by atoms with van der Waals surface area (Å²) in [6, 6.07) is 4.71. The molecule has 1 heteroatoms. The molecule has 3 rings (SSSR count). The number of hydrogen-bond donors (Lipinski definition) is 0. The molecule has 142 valence electrons. The Labute approximate surface area is 160 Å². The van der Waals surface area contributed by atoms with Crippen LogP contribution in [0.5, 0.6) is 5.75 Å². The highest BCUT2D eigenvalue weighted by molar-refractivity contribution is 5.86. The fourth-order valence-corrected chi connectivity index (χ4v) is 5.05. The first-order valence-electron chi connectivity index (χ1n) is 10.1. The van der Waals surface area contributed by atoms with E-state index in [1.807, 2.05) is 0 Å². The van der Waals surface area contributed by atoms with Crippen LogP contribution in [0.15, 0.2) is 29.4 Å². The Morgan fingerprint density at radius 2 is 1.65 bits per heavy atom. The van der Waals surface area contributed by atoms with Crippen LogP contribution in [-0.4, -0.2) is 5.60 Å². The predicted octanol–water partition coefficient (Wildman–Crippen LogP) is 7.37. The van der Waals surface area contributed by atoms with Crippen molar-refractivity contribution in [2.75, 3.05) is 0 Å². The predicted molar refractivity (Wildman–Crippen MR) is 113 cm³/mol. The van der Waals surface area contributed by atoms with Crippen molar-refractivity contribution >= 4 is 5.57 Å². The summed E-state index contributed by atoms with van der Waals surface area (Å²) in [7, 11) is 0. The largest absolute Gasteiger partial charge is 0.483 e. The molecule has 1 nitrogen and oxygen atoms in total. The van der Waals surface area contributed by atoms with Gasteiger partial charge in [-0.1, -0.05) is 52.3 Å². The van der Waals surface area contributed by atoms with Gasteiger partial charge in [-0.2, -0.15) is 0 Å². The van der Waals surface area contributed by atoms with E-state index in [2.05, 4.69) is 80.5 Å². The molecule has 1 heterocycles. The van der Waals surface area contributed by atoms with Crippen LogP contribution in [0.2, 0.25) is 0 Å². The zero-order valence-electron chi connectivity index (χ0n) is 18.3. The summed E-state index contributed by atoms with van der Waals surface area (Å²) < 4.78 is 6.58.